The van der Waals surface area contributed by atoms with Crippen LogP contribution in [-0.4, -0.2) is 31.7 Å². The highest BCUT2D eigenvalue weighted by molar-refractivity contribution is 7.89. The molecule has 0 bridgehead atoms. The van der Waals surface area contributed by atoms with Crippen molar-refractivity contribution in [2.24, 2.45) is 11.7 Å². The summed E-state index contributed by atoms with van der Waals surface area (Å²) in [5.74, 6) is -0.810. The number of amides is 1. The van der Waals surface area contributed by atoms with Gasteiger partial charge in [-0.25, -0.2) is 8.42 Å². The Morgan fingerprint density at radius 2 is 2.05 bits per heavy atom. The first kappa shape index (κ1) is 15.0. The van der Waals surface area contributed by atoms with Crippen LogP contribution in [-0.2, 0) is 14.8 Å². The van der Waals surface area contributed by atoms with Gasteiger partial charge in [0.05, 0.1) is 10.8 Å². The summed E-state index contributed by atoms with van der Waals surface area (Å²) in [4.78, 5) is 11.6. The van der Waals surface area contributed by atoms with Gasteiger partial charge >= 0.3 is 0 Å². The summed E-state index contributed by atoms with van der Waals surface area (Å²) in [5, 5.41) is 0. The molecule has 0 spiro atoms. The quantitative estimate of drug-likeness (QED) is 0.909. The number of primary amides is 1. The number of carbonyl (C=O) groups excluding carboxylic acids is 1. The fraction of sp³-hybridized carbons (Fsp3) is 0.500. The highest BCUT2D eigenvalue weighted by Crippen LogP contribution is 2.26. The van der Waals surface area contributed by atoms with E-state index < -0.39 is 15.9 Å². The van der Waals surface area contributed by atoms with Gasteiger partial charge in [-0.1, -0.05) is 17.7 Å². The smallest absolute Gasteiger partial charge is 0.243 e. The molecule has 1 atom stereocenters. The highest BCUT2D eigenvalue weighted by Gasteiger charge is 2.33. The molecule has 0 aliphatic carbocycles. The normalized spacial score (nSPS) is 20.8. The van der Waals surface area contributed by atoms with Gasteiger partial charge in [0, 0.05) is 13.1 Å². The minimum atomic E-state index is -3.55. The van der Waals surface area contributed by atoms with Crippen molar-refractivity contribution in [3.8, 4) is 0 Å². The van der Waals surface area contributed by atoms with Crippen molar-refractivity contribution in [3.63, 3.8) is 0 Å². The number of nitrogens with two attached hydrogens (primary N) is 1. The molecule has 2 N–H and O–H groups in total. The second-order valence-corrected chi connectivity index (χ2v) is 7.28. The minimum absolute atomic E-state index is 0.185. The zero-order valence-corrected chi connectivity index (χ0v) is 12.6. The van der Waals surface area contributed by atoms with E-state index in [4.69, 9.17) is 5.73 Å². The van der Waals surface area contributed by atoms with Crippen molar-refractivity contribution in [2.75, 3.05) is 13.1 Å². The van der Waals surface area contributed by atoms with E-state index in [0.717, 1.165) is 11.1 Å². The Kier molecular flexibility index (Phi) is 4.15. The predicted octanol–water partition coefficient (Wildman–Crippen LogP) is 1.19. The lowest BCUT2D eigenvalue weighted by Crippen LogP contribution is -2.44. The van der Waals surface area contributed by atoms with Crippen LogP contribution < -0.4 is 5.73 Å². The summed E-state index contributed by atoms with van der Waals surface area (Å²) in [6.07, 6.45) is 1.33. The lowest BCUT2D eigenvalue weighted by atomic mass is 9.99. The van der Waals surface area contributed by atoms with E-state index in [1.165, 1.54) is 4.31 Å². The van der Waals surface area contributed by atoms with Gasteiger partial charge in [-0.2, -0.15) is 4.31 Å². The predicted molar refractivity (Wildman–Crippen MR) is 76.6 cm³/mol. The summed E-state index contributed by atoms with van der Waals surface area (Å²) in [5.41, 5.74) is 7.05. The van der Waals surface area contributed by atoms with Crippen LogP contribution in [0.2, 0.25) is 0 Å². The molecule has 1 heterocycles. The lowest BCUT2D eigenvalue weighted by Gasteiger charge is -2.30. The second-order valence-electron chi connectivity index (χ2n) is 5.37. The maximum absolute atomic E-state index is 12.7. The van der Waals surface area contributed by atoms with E-state index in [2.05, 4.69) is 0 Å². The Bertz CT molecular complexity index is 625. The molecule has 2 rings (SSSR count). The molecule has 1 amide bonds. The highest BCUT2D eigenvalue weighted by atomic mass is 32.2. The molecule has 1 aromatic rings. The number of nitrogens with zero attached hydrogens (tertiary/aromatic N) is 1. The summed E-state index contributed by atoms with van der Waals surface area (Å²) in [6.45, 7) is 4.34. The van der Waals surface area contributed by atoms with Crippen molar-refractivity contribution in [1.29, 1.82) is 0 Å². The number of carbonyl (C=O) groups is 1. The lowest BCUT2D eigenvalue weighted by molar-refractivity contribution is -0.122. The Labute approximate surface area is 119 Å². The average molecular weight is 296 g/mol. The van der Waals surface area contributed by atoms with Gasteiger partial charge in [-0.3, -0.25) is 4.79 Å². The molecule has 1 aromatic carbocycles. The zero-order chi connectivity index (χ0) is 14.9. The fourth-order valence-corrected chi connectivity index (χ4v) is 4.35. The molecule has 1 aliphatic rings. The Hall–Kier alpha value is -1.40. The molecule has 6 heteroatoms. The summed E-state index contributed by atoms with van der Waals surface area (Å²) < 4.78 is 26.7. The van der Waals surface area contributed by atoms with E-state index in [-0.39, 0.29) is 12.5 Å². The van der Waals surface area contributed by atoms with Gasteiger partial charge in [-0.05, 0) is 38.3 Å². The van der Waals surface area contributed by atoms with Gasteiger partial charge < -0.3 is 5.73 Å². The number of hydrogen-bond acceptors (Lipinski definition) is 3. The van der Waals surface area contributed by atoms with Crippen molar-refractivity contribution in [1.82, 2.24) is 4.31 Å². The van der Waals surface area contributed by atoms with Crippen LogP contribution >= 0.6 is 0 Å². The maximum atomic E-state index is 12.7. The summed E-state index contributed by atoms with van der Waals surface area (Å²) >= 11 is 0. The molecule has 0 unspecified atom stereocenters. The number of aryl methyl sites for hydroxylation is 2. The molecule has 0 aromatic heterocycles. The van der Waals surface area contributed by atoms with Crippen LogP contribution in [0.3, 0.4) is 0 Å². The minimum Gasteiger partial charge on any atom is -0.369 e. The van der Waals surface area contributed by atoms with Crippen LogP contribution in [0.25, 0.3) is 0 Å². The Morgan fingerprint density at radius 3 is 2.65 bits per heavy atom. The topological polar surface area (TPSA) is 80.5 Å². The molecule has 1 aliphatic heterocycles. The molecule has 1 fully saturated rings. The molecular formula is C14H20N2O3S. The van der Waals surface area contributed by atoms with Crippen LogP contribution in [0.15, 0.2) is 23.1 Å². The third kappa shape index (κ3) is 2.86. The van der Waals surface area contributed by atoms with E-state index >= 15 is 0 Å². The van der Waals surface area contributed by atoms with Gasteiger partial charge in [-0.15, -0.1) is 0 Å². The number of benzene rings is 1. The maximum Gasteiger partial charge on any atom is 0.243 e. The third-order valence-electron chi connectivity index (χ3n) is 3.73. The summed E-state index contributed by atoms with van der Waals surface area (Å²) in [6, 6.07) is 5.27. The number of sulfonamides is 1. The molecule has 5 nitrogen and oxygen atoms in total. The summed E-state index contributed by atoms with van der Waals surface area (Å²) in [7, 11) is -3.55. The largest absolute Gasteiger partial charge is 0.369 e. The van der Waals surface area contributed by atoms with Gasteiger partial charge in [0.1, 0.15) is 0 Å². The standard InChI is InChI=1S/C14H20N2O3S/c1-10-5-6-13(11(2)8-10)20(18,19)16-7-3-4-12(9-16)14(15)17/h5-6,8,12H,3-4,7,9H2,1-2H3,(H2,15,17)/t12-/m1/s1. The second kappa shape index (κ2) is 5.54. The van der Waals surface area contributed by atoms with Crippen molar-refractivity contribution >= 4 is 15.9 Å². The van der Waals surface area contributed by atoms with Gasteiger partial charge in [0.25, 0.3) is 0 Å². The van der Waals surface area contributed by atoms with Crippen molar-refractivity contribution < 1.29 is 13.2 Å². The average Bonchev–Trinajstić information content (AvgIpc) is 2.38. The van der Waals surface area contributed by atoms with Gasteiger partial charge in [0.15, 0.2) is 0 Å². The monoisotopic (exact) mass is 296 g/mol. The van der Waals surface area contributed by atoms with E-state index in [0.29, 0.717) is 24.3 Å². The van der Waals surface area contributed by atoms with Crippen LogP contribution in [0, 0.1) is 19.8 Å². The number of hydrogen-bond donors (Lipinski definition) is 1. The van der Waals surface area contributed by atoms with E-state index in [1.54, 1.807) is 19.1 Å². The number of piperidine rings is 1. The first-order chi connectivity index (χ1) is 9.32. The molecule has 0 radical (unpaired) electrons. The van der Waals surface area contributed by atoms with Crippen LogP contribution in [0.5, 0.6) is 0 Å². The molecule has 0 saturated carbocycles. The van der Waals surface area contributed by atoms with E-state index in [9.17, 15) is 13.2 Å². The zero-order valence-electron chi connectivity index (χ0n) is 11.8. The first-order valence-corrected chi connectivity index (χ1v) is 8.13. The van der Waals surface area contributed by atoms with Gasteiger partial charge in [0.2, 0.25) is 15.9 Å². The molecule has 110 valence electrons. The van der Waals surface area contributed by atoms with Crippen molar-refractivity contribution in [2.45, 2.75) is 31.6 Å². The molecular weight excluding hydrogens is 276 g/mol. The van der Waals surface area contributed by atoms with Crippen LogP contribution in [0.1, 0.15) is 24.0 Å². The molecule has 20 heavy (non-hydrogen) atoms. The fourth-order valence-electron chi connectivity index (χ4n) is 2.62. The van der Waals surface area contributed by atoms with Crippen molar-refractivity contribution in [3.05, 3.63) is 29.3 Å². The molecule has 1 saturated heterocycles. The third-order valence-corrected chi connectivity index (χ3v) is 5.76. The van der Waals surface area contributed by atoms with Crippen LogP contribution in [0.4, 0.5) is 0 Å². The Morgan fingerprint density at radius 1 is 1.35 bits per heavy atom. The number of rotatable bonds is 3. The Balaban J connectivity index is 2.32. The first-order valence-electron chi connectivity index (χ1n) is 6.69. The SMILES string of the molecule is Cc1ccc(S(=O)(=O)N2CCC[C@@H](C(N)=O)C2)c(C)c1. The van der Waals surface area contributed by atoms with E-state index in [1.807, 2.05) is 13.0 Å².